The van der Waals surface area contributed by atoms with E-state index in [9.17, 15) is 0 Å². The van der Waals surface area contributed by atoms with Crippen LogP contribution in [0.3, 0.4) is 0 Å². The molecule has 3 nitrogen and oxygen atoms in total. The van der Waals surface area contributed by atoms with Crippen LogP contribution in [0, 0.1) is 5.41 Å². The summed E-state index contributed by atoms with van der Waals surface area (Å²) in [6.07, 6.45) is 2.43. The van der Waals surface area contributed by atoms with E-state index >= 15 is 0 Å². The van der Waals surface area contributed by atoms with Crippen LogP contribution in [0.25, 0.3) is 0 Å². The number of nitrogens with two attached hydrogens (primary N) is 1. The molecule has 0 bridgehead atoms. The van der Waals surface area contributed by atoms with E-state index in [1.165, 1.54) is 39.0 Å². The van der Waals surface area contributed by atoms with Crippen molar-refractivity contribution < 1.29 is 0 Å². The number of hydrogen-bond donors (Lipinski definition) is 1. The van der Waals surface area contributed by atoms with E-state index in [-0.39, 0.29) is 11.0 Å². The van der Waals surface area contributed by atoms with Crippen molar-refractivity contribution >= 4 is 0 Å². The Morgan fingerprint density at radius 1 is 1.13 bits per heavy atom. The maximum Gasteiger partial charge on any atom is 0.0219 e. The molecule has 2 aliphatic rings. The molecule has 2 fully saturated rings. The smallest absolute Gasteiger partial charge is 0.0219 e. The Labute approximate surface area is 93.6 Å². The van der Waals surface area contributed by atoms with Crippen LogP contribution in [-0.2, 0) is 0 Å². The van der Waals surface area contributed by atoms with Gasteiger partial charge in [0.05, 0.1) is 0 Å². The van der Waals surface area contributed by atoms with Crippen LogP contribution in [0.2, 0.25) is 0 Å². The van der Waals surface area contributed by atoms with Crippen molar-refractivity contribution in [3.63, 3.8) is 0 Å². The molecule has 1 saturated heterocycles. The second kappa shape index (κ2) is 3.72. The predicted molar refractivity (Wildman–Crippen MR) is 63.9 cm³/mol. The molecule has 0 aromatic rings. The first kappa shape index (κ1) is 11.4. The Bertz CT molecular complexity index is 225. The largest absolute Gasteiger partial charge is 0.325 e. The van der Waals surface area contributed by atoms with Crippen molar-refractivity contribution in [2.24, 2.45) is 11.1 Å². The van der Waals surface area contributed by atoms with Gasteiger partial charge in [-0.2, -0.15) is 0 Å². The third-order valence-electron chi connectivity index (χ3n) is 4.35. The maximum absolute atomic E-state index is 6.33. The van der Waals surface area contributed by atoms with Gasteiger partial charge >= 0.3 is 0 Å². The van der Waals surface area contributed by atoms with Gasteiger partial charge in [0.25, 0.3) is 0 Å². The van der Waals surface area contributed by atoms with E-state index in [2.05, 4.69) is 30.7 Å². The lowest BCUT2D eigenvalue weighted by Gasteiger charge is -2.40. The molecule has 0 amide bonds. The molecule has 2 rings (SSSR count). The van der Waals surface area contributed by atoms with Gasteiger partial charge < -0.3 is 15.5 Å². The minimum atomic E-state index is 0.135. The predicted octanol–water partition coefficient (Wildman–Crippen LogP) is 0.751. The number of hydrogen-bond acceptors (Lipinski definition) is 3. The minimum absolute atomic E-state index is 0.135. The minimum Gasteiger partial charge on any atom is -0.325 e. The van der Waals surface area contributed by atoms with Crippen LogP contribution in [0.4, 0.5) is 0 Å². The van der Waals surface area contributed by atoms with Gasteiger partial charge in [-0.25, -0.2) is 0 Å². The highest BCUT2D eigenvalue weighted by atomic mass is 15.2. The van der Waals surface area contributed by atoms with Crippen molar-refractivity contribution in [3.05, 3.63) is 0 Å². The van der Waals surface area contributed by atoms with Crippen LogP contribution < -0.4 is 5.73 Å². The highest BCUT2D eigenvalue weighted by Gasteiger charge is 2.51. The first-order chi connectivity index (χ1) is 6.93. The van der Waals surface area contributed by atoms with Crippen molar-refractivity contribution in [2.75, 3.05) is 39.8 Å². The van der Waals surface area contributed by atoms with Crippen LogP contribution in [0.5, 0.6) is 0 Å². The van der Waals surface area contributed by atoms with Gasteiger partial charge in [0, 0.05) is 38.3 Å². The summed E-state index contributed by atoms with van der Waals surface area (Å²) in [5, 5.41) is 0. The fraction of sp³-hybridized carbons (Fsp3) is 1.00. The van der Waals surface area contributed by atoms with Crippen LogP contribution in [0.15, 0.2) is 0 Å². The Morgan fingerprint density at radius 3 is 2.13 bits per heavy atom. The van der Waals surface area contributed by atoms with Crippen molar-refractivity contribution in [2.45, 2.75) is 32.2 Å². The quantitative estimate of drug-likeness (QED) is 0.748. The lowest BCUT2D eigenvalue weighted by Crippen LogP contribution is -2.52. The van der Waals surface area contributed by atoms with Crippen LogP contribution >= 0.6 is 0 Å². The zero-order chi connectivity index (χ0) is 11.1. The van der Waals surface area contributed by atoms with Crippen molar-refractivity contribution in [3.8, 4) is 0 Å². The van der Waals surface area contributed by atoms with Gasteiger partial charge in [0.2, 0.25) is 0 Å². The van der Waals surface area contributed by atoms with E-state index in [1.807, 2.05) is 0 Å². The number of likely N-dealkylation sites (N-methyl/N-ethyl adjacent to an activating group) is 1. The van der Waals surface area contributed by atoms with E-state index in [0.29, 0.717) is 0 Å². The Balaban J connectivity index is 1.86. The molecule has 0 atom stereocenters. The summed E-state index contributed by atoms with van der Waals surface area (Å²) in [5.74, 6) is 0. The molecule has 0 spiro atoms. The van der Waals surface area contributed by atoms with Gasteiger partial charge in [-0.05, 0) is 25.3 Å². The third kappa shape index (κ3) is 2.35. The van der Waals surface area contributed by atoms with Crippen molar-refractivity contribution in [1.82, 2.24) is 9.80 Å². The summed E-state index contributed by atoms with van der Waals surface area (Å²) < 4.78 is 0. The van der Waals surface area contributed by atoms with Gasteiger partial charge in [-0.15, -0.1) is 0 Å². The highest BCUT2D eigenvalue weighted by molar-refractivity contribution is 5.09. The Kier molecular flexibility index (Phi) is 2.82. The van der Waals surface area contributed by atoms with Gasteiger partial charge in [0.15, 0.2) is 0 Å². The summed E-state index contributed by atoms with van der Waals surface area (Å²) >= 11 is 0. The third-order valence-corrected chi connectivity index (χ3v) is 4.35. The van der Waals surface area contributed by atoms with Crippen molar-refractivity contribution in [1.29, 1.82) is 0 Å². The molecule has 0 aromatic heterocycles. The van der Waals surface area contributed by atoms with E-state index in [0.717, 1.165) is 6.54 Å². The average Bonchev–Trinajstić information content (AvgIpc) is 2.89. The van der Waals surface area contributed by atoms with Gasteiger partial charge in [0.1, 0.15) is 0 Å². The number of rotatable bonds is 3. The molecule has 0 unspecified atom stereocenters. The highest BCUT2D eigenvalue weighted by Crippen LogP contribution is 2.47. The standard InChI is InChI=1S/C12H25N3/c1-11(2,12(13)4-5-12)10-15-8-6-14(3)7-9-15/h4-10,13H2,1-3H3. The molecule has 0 aromatic carbocycles. The van der Waals surface area contributed by atoms with E-state index in [4.69, 9.17) is 5.73 Å². The van der Waals surface area contributed by atoms with Crippen LogP contribution in [0.1, 0.15) is 26.7 Å². The molecule has 1 aliphatic heterocycles. The molecule has 3 heteroatoms. The number of piperazine rings is 1. The molecular formula is C12H25N3. The first-order valence-corrected chi connectivity index (χ1v) is 6.13. The zero-order valence-corrected chi connectivity index (χ0v) is 10.4. The second-order valence-corrected chi connectivity index (χ2v) is 6.12. The van der Waals surface area contributed by atoms with Gasteiger partial charge in [-0.1, -0.05) is 13.8 Å². The summed E-state index contributed by atoms with van der Waals surface area (Å²) in [6.45, 7) is 10.6. The molecule has 88 valence electrons. The zero-order valence-electron chi connectivity index (χ0n) is 10.4. The topological polar surface area (TPSA) is 32.5 Å². The molecule has 1 heterocycles. The second-order valence-electron chi connectivity index (χ2n) is 6.12. The molecule has 1 saturated carbocycles. The summed E-state index contributed by atoms with van der Waals surface area (Å²) in [4.78, 5) is 4.98. The maximum atomic E-state index is 6.33. The molecular weight excluding hydrogens is 186 g/mol. The number of nitrogens with zero attached hydrogens (tertiary/aromatic N) is 2. The fourth-order valence-electron chi connectivity index (χ4n) is 2.53. The molecule has 0 radical (unpaired) electrons. The monoisotopic (exact) mass is 211 g/mol. The summed E-state index contributed by atoms with van der Waals surface area (Å²) in [6, 6.07) is 0. The lowest BCUT2D eigenvalue weighted by atomic mass is 9.81. The van der Waals surface area contributed by atoms with Crippen LogP contribution in [-0.4, -0.2) is 55.1 Å². The van der Waals surface area contributed by atoms with E-state index < -0.39 is 0 Å². The summed E-state index contributed by atoms with van der Waals surface area (Å²) in [7, 11) is 2.20. The fourth-order valence-corrected chi connectivity index (χ4v) is 2.53. The molecule has 2 N–H and O–H groups in total. The Hall–Kier alpha value is -0.120. The van der Waals surface area contributed by atoms with E-state index in [1.54, 1.807) is 0 Å². The SMILES string of the molecule is CN1CCN(CC(C)(C)C2(N)CC2)CC1. The summed E-state index contributed by atoms with van der Waals surface area (Å²) in [5.41, 5.74) is 6.75. The normalized spacial score (nSPS) is 28.0. The Morgan fingerprint density at radius 2 is 1.67 bits per heavy atom. The van der Waals surface area contributed by atoms with Gasteiger partial charge in [-0.3, -0.25) is 0 Å². The molecule has 1 aliphatic carbocycles. The average molecular weight is 211 g/mol. The first-order valence-electron chi connectivity index (χ1n) is 6.13. The lowest BCUT2D eigenvalue weighted by molar-refractivity contribution is 0.0932. The molecule has 15 heavy (non-hydrogen) atoms.